The molecule has 0 saturated heterocycles. The Labute approximate surface area is 107 Å². The van der Waals surface area contributed by atoms with Crippen LogP contribution < -0.4 is 5.73 Å². The Morgan fingerprint density at radius 2 is 1.41 bits per heavy atom. The van der Waals surface area contributed by atoms with Crippen molar-refractivity contribution in [2.24, 2.45) is 5.73 Å². The highest BCUT2D eigenvalue weighted by Crippen LogP contribution is 2.21. The van der Waals surface area contributed by atoms with E-state index in [9.17, 15) is 4.39 Å². The summed E-state index contributed by atoms with van der Waals surface area (Å²) in [6.07, 6.45) is 0. The lowest BCUT2D eigenvalue weighted by molar-refractivity contribution is 0.437. The van der Waals surface area contributed by atoms with Gasteiger partial charge in [0.1, 0.15) is 6.67 Å². The van der Waals surface area contributed by atoms with Crippen molar-refractivity contribution >= 4 is 12.4 Å². The maximum atomic E-state index is 12.4. The second-order valence-electron chi connectivity index (χ2n) is 3.75. The van der Waals surface area contributed by atoms with Gasteiger partial charge in [-0.3, -0.25) is 0 Å². The molecule has 1 nitrogen and oxygen atoms in total. The lowest BCUT2D eigenvalue weighted by Crippen LogP contribution is -2.11. The van der Waals surface area contributed by atoms with Crippen LogP contribution in [0.3, 0.4) is 0 Å². The van der Waals surface area contributed by atoms with E-state index in [1.165, 1.54) is 0 Å². The number of hydrogen-bond donors (Lipinski definition) is 1. The van der Waals surface area contributed by atoms with E-state index in [2.05, 4.69) is 0 Å². The summed E-state index contributed by atoms with van der Waals surface area (Å²) in [5, 5.41) is 0. The van der Waals surface area contributed by atoms with Crippen molar-refractivity contribution in [3.8, 4) is 11.1 Å². The zero-order valence-corrected chi connectivity index (χ0v) is 10.2. The molecular weight excluding hydrogens is 237 g/mol. The van der Waals surface area contributed by atoms with Crippen molar-refractivity contribution < 1.29 is 4.39 Å². The van der Waals surface area contributed by atoms with Crippen LogP contribution in [0, 0.1) is 0 Å². The van der Waals surface area contributed by atoms with Crippen LogP contribution in [0.15, 0.2) is 54.6 Å². The van der Waals surface area contributed by atoms with Gasteiger partial charge in [0.15, 0.2) is 0 Å². The number of benzene rings is 2. The number of alkyl halides is 1. The van der Waals surface area contributed by atoms with E-state index in [4.69, 9.17) is 5.73 Å². The third kappa shape index (κ3) is 3.29. The molecule has 0 aliphatic rings. The van der Waals surface area contributed by atoms with Crippen LogP contribution in [0.1, 0.15) is 11.6 Å². The molecule has 0 bridgehead atoms. The highest BCUT2D eigenvalue weighted by Gasteiger charge is 2.04. The number of halogens is 2. The summed E-state index contributed by atoms with van der Waals surface area (Å²) >= 11 is 0. The van der Waals surface area contributed by atoms with Gasteiger partial charge in [-0.05, 0) is 16.7 Å². The molecule has 17 heavy (non-hydrogen) atoms. The van der Waals surface area contributed by atoms with Gasteiger partial charge in [0, 0.05) is 0 Å². The fraction of sp³-hybridized carbons (Fsp3) is 0.143. The summed E-state index contributed by atoms with van der Waals surface area (Å²) in [5.41, 5.74) is 8.72. The molecule has 2 N–H and O–H groups in total. The topological polar surface area (TPSA) is 26.0 Å². The van der Waals surface area contributed by atoms with Crippen LogP contribution in [0.4, 0.5) is 4.39 Å². The lowest BCUT2D eigenvalue weighted by Gasteiger charge is -2.08. The third-order valence-corrected chi connectivity index (χ3v) is 2.61. The molecule has 0 aromatic heterocycles. The van der Waals surface area contributed by atoms with Gasteiger partial charge in [0.05, 0.1) is 6.04 Å². The zero-order chi connectivity index (χ0) is 11.4. The molecule has 0 fully saturated rings. The van der Waals surface area contributed by atoms with E-state index < -0.39 is 12.7 Å². The van der Waals surface area contributed by atoms with Crippen molar-refractivity contribution in [2.45, 2.75) is 6.04 Å². The molecule has 0 saturated carbocycles. The summed E-state index contributed by atoms with van der Waals surface area (Å²) < 4.78 is 12.4. The maximum Gasteiger partial charge on any atom is 0.109 e. The molecule has 3 heteroatoms. The first kappa shape index (κ1) is 13.7. The summed E-state index contributed by atoms with van der Waals surface area (Å²) in [6.45, 7) is -0.523. The van der Waals surface area contributed by atoms with Crippen molar-refractivity contribution in [2.75, 3.05) is 6.67 Å². The van der Waals surface area contributed by atoms with Crippen LogP contribution >= 0.6 is 12.4 Å². The first-order valence-corrected chi connectivity index (χ1v) is 5.28. The van der Waals surface area contributed by atoms with Gasteiger partial charge in [-0.1, -0.05) is 54.6 Å². The van der Waals surface area contributed by atoms with E-state index in [0.29, 0.717) is 0 Å². The van der Waals surface area contributed by atoms with E-state index >= 15 is 0 Å². The Morgan fingerprint density at radius 3 is 1.94 bits per heavy atom. The summed E-state index contributed by atoms with van der Waals surface area (Å²) in [5.74, 6) is 0. The molecule has 2 aromatic carbocycles. The molecule has 90 valence electrons. The van der Waals surface area contributed by atoms with E-state index in [0.717, 1.165) is 16.7 Å². The standard InChI is InChI=1S/C14H14FN.ClH/c15-10-14(16)13-8-6-12(7-9-13)11-4-2-1-3-5-11;/h1-9,14H,10,16H2;1H/t14-;/m0./s1. The Balaban J connectivity index is 0.00000144. The van der Waals surface area contributed by atoms with Crippen LogP contribution in [-0.2, 0) is 0 Å². The minimum atomic E-state index is -0.523. The smallest absolute Gasteiger partial charge is 0.109 e. The van der Waals surface area contributed by atoms with Crippen molar-refractivity contribution in [1.82, 2.24) is 0 Å². The maximum absolute atomic E-state index is 12.4. The van der Waals surface area contributed by atoms with Gasteiger partial charge >= 0.3 is 0 Å². The van der Waals surface area contributed by atoms with E-state index in [1.54, 1.807) is 0 Å². The number of rotatable bonds is 3. The van der Waals surface area contributed by atoms with Crippen LogP contribution in [0.25, 0.3) is 11.1 Å². The Kier molecular flexibility index (Phi) is 5.13. The largest absolute Gasteiger partial charge is 0.322 e. The monoisotopic (exact) mass is 251 g/mol. The lowest BCUT2D eigenvalue weighted by atomic mass is 10.0. The normalized spacial score (nSPS) is 11.6. The zero-order valence-electron chi connectivity index (χ0n) is 9.34. The molecule has 0 unspecified atom stereocenters. The predicted octanol–water partition coefficient (Wildman–Crippen LogP) is 3.74. The second-order valence-corrected chi connectivity index (χ2v) is 3.75. The van der Waals surface area contributed by atoms with Gasteiger partial charge in [0.2, 0.25) is 0 Å². The highest BCUT2D eigenvalue weighted by atomic mass is 35.5. The molecule has 0 amide bonds. The Morgan fingerprint density at radius 1 is 0.882 bits per heavy atom. The fourth-order valence-electron chi connectivity index (χ4n) is 1.64. The van der Waals surface area contributed by atoms with Gasteiger partial charge in [0.25, 0.3) is 0 Å². The number of nitrogens with two attached hydrogens (primary N) is 1. The first-order valence-electron chi connectivity index (χ1n) is 5.28. The van der Waals surface area contributed by atoms with Gasteiger partial charge in [-0.15, -0.1) is 12.4 Å². The van der Waals surface area contributed by atoms with Gasteiger partial charge in [-0.2, -0.15) is 0 Å². The average Bonchev–Trinajstić information content (AvgIpc) is 2.39. The fourth-order valence-corrected chi connectivity index (χ4v) is 1.64. The minimum absolute atomic E-state index is 0. The Hall–Kier alpha value is -1.38. The SMILES string of the molecule is Cl.N[C@@H](CF)c1ccc(-c2ccccc2)cc1. The summed E-state index contributed by atoms with van der Waals surface area (Å²) in [7, 11) is 0. The quantitative estimate of drug-likeness (QED) is 0.884. The van der Waals surface area contributed by atoms with E-state index in [1.807, 2.05) is 54.6 Å². The molecule has 0 spiro atoms. The molecule has 0 aliphatic carbocycles. The van der Waals surface area contributed by atoms with Crippen LogP contribution in [-0.4, -0.2) is 6.67 Å². The van der Waals surface area contributed by atoms with Gasteiger partial charge in [-0.25, -0.2) is 4.39 Å². The first-order chi connectivity index (χ1) is 7.81. The van der Waals surface area contributed by atoms with Crippen molar-refractivity contribution in [1.29, 1.82) is 0 Å². The average molecular weight is 252 g/mol. The molecule has 1 atom stereocenters. The minimum Gasteiger partial charge on any atom is -0.322 e. The van der Waals surface area contributed by atoms with Crippen LogP contribution in [0.2, 0.25) is 0 Å². The second kappa shape index (κ2) is 6.38. The molecule has 0 radical (unpaired) electrons. The van der Waals surface area contributed by atoms with Crippen molar-refractivity contribution in [3.63, 3.8) is 0 Å². The molecule has 2 aromatic rings. The molecule has 0 aliphatic heterocycles. The highest BCUT2D eigenvalue weighted by molar-refractivity contribution is 5.85. The molecule has 2 rings (SSSR count). The Bertz CT molecular complexity index is 442. The van der Waals surface area contributed by atoms with Crippen molar-refractivity contribution in [3.05, 3.63) is 60.2 Å². The van der Waals surface area contributed by atoms with Crippen LogP contribution in [0.5, 0.6) is 0 Å². The third-order valence-electron chi connectivity index (χ3n) is 2.61. The summed E-state index contributed by atoms with van der Waals surface area (Å²) in [4.78, 5) is 0. The number of hydrogen-bond acceptors (Lipinski definition) is 1. The van der Waals surface area contributed by atoms with Gasteiger partial charge < -0.3 is 5.73 Å². The molecule has 0 heterocycles. The predicted molar refractivity (Wildman–Crippen MR) is 72.0 cm³/mol. The molecular formula is C14H15ClFN. The summed E-state index contributed by atoms with van der Waals surface area (Å²) in [6, 6.07) is 17.3. The van der Waals surface area contributed by atoms with E-state index in [-0.39, 0.29) is 12.4 Å².